The molecule has 5 heteroatoms. The van der Waals surface area contributed by atoms with E-state index in [4.69, 9.17) is 11.6 Å². The van der Waals surface area contributed by atoms with Gasteiger partial charge in [-0.3, -0.25) is 9.20 Å². The molecule has 0 saturated carbocycles. The van der Waals surface area contributed by atoms with Crippen LogP contribution in [0.15, 0.2) is 85.1 Å². The van der Waals surface area contributed by atoms with Gasteiger partial charge in [0.15, 0.2) is 0 Å². The molecular formula is C22H16ClN3O. The summed E-state index contributed by atoms with van der Waals surface area (Å²) in [6.45, 7) is 0. The SMILES string of the molecule is O=C(/C=C\c1ccccc1)Nc1c(-c2ccccc2)nc2ccc(Cl)cn12. The van der Waals surface area contributed by atoms with Crippen molar-refractivity contribution in [3.63, 3.8) is 0 Å². The summed E-state index contributed by atoms with van der Waals surface area (Å²) in [5, 5.41) is 3.51. The van der Waals surface area contributed by atoms with E-state index < -0.39 is 0 Å². The van der Waals surface area contributed by atoms with Crippen molar-refractivity contribution in [1.82, 2.24) is 9.38 Å². The predicted molar refractivity (Wildman–Crippen MR) is 110 cm³/mol. The molecule has 0 atom stereocenters. The molecule has 0 saturated heterocycles. The summed E-state index contributed by atoms with van der Waals surface area (Å²) in [5.74, 6) is 0.347. The van der Waals surface area contributed by atoms with E-state index in [1.165, 1.54) is 6.08 Å². The van der Waals surface area contributed by atoms with Crippen LogP contribution in [-0.2, 0) is 4.79 Å². The smallest absolute Gasteiger partial charge is 0.249 e. The van der Waals surface area contributed by atoms with Crippen LogP contribution >= 0.6 is 11.6 Å². The van der Waals surface area contributed by atoms with Crippen molar-refractivity contribution < 1.29 is 4.79 Å². The monoisotopic (exact) mass is 373 g/mol. The molecule has 0 unspecified atom stereocenters. The normalized spacial score (nSPS) is 11.1. The van der Waals surface area contributed by atoms with Crippen LogP contribution in [0.25, 0.3) is 23.0 Å². The van der Waals surface area contributed by atoms with Gasteiger partial charge in [0.1, 0.15) is 17.2 Å². The maximum absolute atomic E-state index is 12.5. The fourth-order valence-corrected chi connectivity index (χ4v) is 2.99. The molecule has 0 radical (unpaired) electrons. The number of rotatable bonds is 4. The molecule has 2 aromatic carbocycles. The highest BCUT2D eigenvalue weighted by atomic mass is 35.5. The molecule has 1 N–H and O–H groups in total. The Kier molecular flexibility index (Phi) is 4.73. The molecule has 0 aliphatic carbocycles. The number of hydrogen-bond acceptors (Lipinski definition) is 2. The van der Waals surface area contributed by atoms with Gasteiger partial charge in [0.2, 0.25) is 5.91 Å². The minimum atomic E-state index is -0.238. The number of aromatic nitrogens is 2. The van der Waals surface area contributed by atoms with Crippen molar-refractivity contribution >= 4 is 35.0 Å². The van der Waals surface area contributed by atoms with Crippen molar-refractivity contribution in [3.8, 4) is 11.3 Å². The molecule has 0 aliphatic heterocycles. The molecule has 0 fully saturated rings. The van der Waals surface area contributed by atoms with E-state index >= 15 is 0 Å². The van der Waals surface area contributed by atoms with Gasteiger partial charge in [0.25, 0.3) is 0 Å². The molecule has 0 spiro atoms. The zero-order valence-electron chi connectivity index (χ0n) is 14.3. The Hall–Kier alpha value is -3.37. The molecule has 2 aromatic heterocycles. The first kappa shape index (κ1) is 17.1. The molecule has 0 bridgehead atoms. The van der Waals surface area contributed by atoms with Crippen molar-refractivity contribution in [1.29, 1.82) is 0 Å². The van der Waals surface area contributed by atoms with Crippen molar-refractivity contribution in [3.05, 3.63) is 95.7 Å². The van der Waals surface area contributed by atoms with E-state index in [0.717, 1.165) is 11.1 Å². The number of carbonyl (C=O) groups is 1. The Morgan fingerprint density at radius 1 is 0.963 bits per heavy atom. The van der Waals surface area contributed by atoms with E-state index in [-0.39, 0.29) is 5.91 Å². The summed E-state index contributed by atoms with van der Waals surface area (Å²) < 4.78 is 1.79. The first-order valence-electron chi connectivity index (χ1n) is 8.48. The largest absolute Gasteiger partial charge is 0.306 e. The van der Waals surface area contributed by atoms with E-state index in [9.17, 15) is 4.79 Å². The van der Waals surface area contributed by atoms with Gasteiger partial charge in [-0.15, -0.1) is 0 Å². The first-order chi connectivity index (χ1) is 13.2. The zero-order chi connectivity index (χ0) is 18.6. The molecule has 132 valence electrons. The summed E-state index contributed by atoms with van der Waals surface area (Å²) in [4.78, 5) is 17.2. The Bertz CT molecular complexity index is 1120. The zero-order valence-corrected chi connectivity index (χ0v) is 15.1. The minimum absolute atomic E-state index is 0.238. The molecule has 1 amide bonds. The van der Waals surface area contributed by atoms with Crippen molar-refractivity contribution in [2.24, 2.45) is 0 Å². The maximum Gasteiger partial charge on any atom is 0.249 e. The van der Waals surface area contributed by atoms with Gasteiger partial charge in [-0.2, -0.15) is 0 Å². The number of imidazole rings is 1. The average molecular weight is 374 g/mol. The molecular weight excluding hydrogens is 358 g/mol. The van der Waals surface area contributed by atoms with Crippen LogP contribution in [0.3, 0.4) is 0 Å². The van der Waals surface area contributed by atoms with Crippen molar-refractivity contribution in [2.45, 2.75) is 0 Å². The lowest BCUT2D eigenvalue weighted by Gasteiger charge is -2.06. The number of fused-ring (bicyclic) bond motifs is 1. The summed E-state index contributed by atoms with van der Waals surface area (Å²) >= 11 is 6.15. The van der Waals surface area contributed by atoms with Gasteiger partial charge in [-0.1, -0.05) is 72.3 Å². The maximum atomic E-state index is 12.5. The molecule has 4 rings (SSSR count). The highest BCUT2D eigenvalue weighted by Gasteiger charge is 2.15. The van der Waals surface area contributed by atoms with Gasteiger partial charge in [0.05, 0.1) is 5.02 Å². The quantitative estimate of drug-likeness (QED) is 0.493. The van der Waals surface area contributed by atoms with E-state index in [1.807, 2.05) is 66.7 Å². The predicted octanol–water partition coefficient (Wildman–Crippen LogP) is 5.31. The fourth-order valence-electron chi connectivity index (χ4n) is 2.83. The molecule has 27 heavy (non-hydrogen) atoms. The molecule has 4 aromatic rings. The van der Waals surface area contributed by atoms with E-state index in [0.29, 0.717) is 22.2 Å². The number of pyridine rings is 1. The number of amides is 1. The third-order valence-corrected chi connectivity index (χ3v) is 4.32. The second-order valence-electron chi connectivity index (χ2n) is 5.98. The summed E-state index contributed by atoms with van der Waals surface area (Å²) in [5.41, 5.74) is 3.27. The minimum Gasteiger partial charge on any atom is -0.306 e. The molecule has 0 aliphatic rings. The van der Waals surface area contributed by atoms with Crippen LogP contribution in [0.1, 0.15) is 5.56 Å². The lowest BCUT2D eigenvalue weighted by Crippen LogP contribution is -2.10. The number of carbonyl (C=O) groups excluding carboxylic acids is 1. The van der Waals surface area contributed by atoms with Crippen LogP contribution in [-0.4, -0.2) is 15.3 Å². The van der Waals surface area contributed by atoms with Gasteiger partial charge in [-0.25, -0.2) is 4.98 Å². The highest BCUT2D eigenvalue weighted by Crippen LogP contribution is 2.29. The third kappa shape index (κ3) is 3.76. The van der Waals surface area contributed by atoms with Gasteiger partial charge in [0, 0.05) is 17.8 Å². The number of nitrogens with one attached hydrogen (secondary N) is 1. The number of hydrogen-bond donors (Lipinski definition) is 1. The van der Waals surface area contributed by atoms with Crippen LogP contribution < -0.4 is 5.32 Å². The third-order valence-electron chi connectivity index (χ3n) is 4.10. The fraction of sp³-hybridized carbons (Fsp3) is 0. The Morgan fingerprint density at radius 2 is 1.67 bits per heavy atom. The van der Waals surface area contributed by atoms with Crippen LogP contribution in [0, 0.1) is 0 Å². The number of halogens is 1. The number of nitrogens with zero attached hydrogens (tertiary/aromatic N) is 2. The second kappa shape index (κ2) is 7.48. The van der Waals surface area contributed by atoms with Gasteiger partial charge >= 0.3 is 0 Å². The van der Waals surface area contributed by atoms with Crippen LogP contribution in [0.2, 0.25) is 5.02 Å². The standard InChI is InChI=1S/C22H16ClN3O/c23-18-12-13-19-24-21(17-9-5-2-6-10-17)22(26(19)15-18)25-20(27)14-11-16-7-3-1-4-8-16/h1-15H,(H,25,27)/b14-11-. The first-order valence-corrected chi connectivity index (χ1v) is 8.86. The number of anilines is 1. The van der Waals surface area contributed by atoms with Gasteiger partial charge in [-0.05, 0) is 23.8 Å². The van der Waals surface area contributed by atoms with Crippen LogP contribution in [0.5, 0.6) is 0 Å². The number of benzene rings is 2. The summed E-state index contributed by atoms with van der Waals surface area (Å²) in [6, 6.07) is 23.0. The van der Waals surface area contributed by atoms with E-state index in [2.05, 4.69) is 10.3 Å². The molecule has 2 heterocycles. The Labute approximate surface area is 161 Å². The van der Waals surface area contributed by atoms with Crippen LogP contribution in [0.4, 0.5) is 5.82 Å². The Morgan fingerprint density at radius 3 is 2.41 bits per heavy atom. The topological polar surface area (TPSA) is 46.4 Å². The average Bonchev–Trinajstić information content (AvgIpc) is 3.05. The summed E-state index contributed by atoms with van der Waals surface area (Å²) in [7, 11) is 0. The van der Waals surface area contributed by atoms with Crippen molar-refractivity contribution in [2.75, 3.05) is 5.32 Å². The second-order valence-corrected chi connectivity index (χ2v) is 6.42. The lowest BCUT2D eigenvalue weighted by atomic mass is 10.1. The summed E-state index contributed by atoms with van der Waals surface area (Å²) in [6.07, 6.45) is 5.02. The Balaban J connectivity index is 1.72. The molecule has 4 nitrogen and oxygen atoms in total. The van der Waals surface area contributed by atoms with E-state index in [1.54, 1.807) is 22.7 Å². The lowest BCUT2D eigenvalue weighted by molar-refractivity contribution is -0.111. The highest BCUT2D eigenvalue weighted by molar-refractivity contribution is 6.30. The van der Waals surface area contributed by atoms with Gasteiger partial charge < -0.3 is 5.32 Å².